The quantitative estimate of drug-likeness (QED) is 0.383. The Morgan fingerprint density at radius 2 is 2.00 bits per heavy atom. The van der Waals surface area contributed by atoms with E-state index in [1.54, 1.807) is 42.1 Å². The van der Waals surface area contributed by atoms with Gasteiger partial charge in [0.1, 0.15) is 5.75 Å². The normalized spacial score (nSPS) is 12.0. The van der Waals surface area contributed by atoms with E-state index in [4.69, 9.17) is 0 Å². The molecule has 0 aliphatic carbocycles. The fraction of sp³-hybridized carbons (Fsp3) is 0.250. The lowest BCUT2D eigenvalue weighted by Gasteiger charge is -2.12. The van der Waals surface area contributed by atoms with Gasteiger partial charge in [0.05, 0.1) is 16.8 Å². The molecular formula is C16H20N4O3S2. The number of aliphatic imine (C=N–C) groups is 1. The van der Waals surface area contributed by atoms with Crippen molar-refractivity contribution in [2.45, 2.75) is 10.6 Å². The number of benzene rings is 1. The maximum absolute atomic E-state index is 12.2. The topological polar surface area (TPSA) is 104 Å². The lowest BCUT2D eigenvalue weighted by atomic mass is 10.4. The van der Waals surface area contributed by atoms with Gasteiger partial charge in [-0.25, -0.2) is 13.1 Å². The molecule has 1 aromatic heterocycles. The average molecular weight is 380 g/mol. The predicted octanol–water partition coefficient (Wildman–Crippen LogP) is 1.57. The summed E-state index contributed by atoms with van der Waals surface area (Å²) in [4.78, 5) is 8.22. The second kappa shape index (κ2) is 9.28. The van der Waals surface area contributed by atoms with E-state index < -0.39 is 10.0 Å². The Labute approximate surface area is 151 Å². The van der Waals surface area contributed by atoms with Crippen molar-refractivity contribution in [3.63, 3.8) is 0 Å². The first-order valence-corrected chi connectivity index (χ1v) is 10.2. The number of nitrogens with one attached hydrogen (secondary N) is 2. The van der Waals surface area contributed by atoms with E-state index in [0.717, 1.165) is 11.4 Å². The number of hydrogen-bond acceptors (Lipinski definition) is 6. The first kappa shape index (κ1) is 19.1. The molecule has 9 heteroatoms. The fourth-order valence-corrected chi connectivity index (χ4v) is 3.69. The van der Waals surface area contributed by atoms with Crippen molar-refractivity contribution in [2.75, 3.05) is 19.3 Å². The van der Waals surface area contributed by atoms with Crippen molar-refractivity contribution >= 4 is 27.7 Å². The molecule has 0 radical (unpaired) electrons. The van der Waals surface area contributed by atoms with Crippen LogP contribution in [-0.4, -0.2) is 43.8 Å². The van der Waals surface area contributed by atoms with Crippen molar-refractivity contribution in [3.05, 3.63) is 54.4 Å². The highest BCUT2D eigenvalue weighted by molar-refractivity contribution is 7.98. The summed E-state index contributed by atoms with van der Waals surface area (Å²) in [7, 11) is -2.13. The minimum atomic E-state index is -3.65. The molecule has 2 rings (SSSR count). The largest absolute Gasteiger partial charge is 0.506 e. The van der Waals surface area contributed by atoms with Crippen LogP contribution in [0.15, 0.2) is 58.5 Å². The van der Waals surface area contributed by atoms with E-state index in [2.05, 4.69) is 20.0 Å². The number of thioether (sulfide) groups is 1. The standard InChI is InChI=1S/C16H20N4O3S2/c1-17-16(20-25(22,23)15-5-3-2-4-6-15)18-9-10-24-12-13-7-8-14(21)11-19-13/h2-8,11,21H,9-10,12H2,1H3,(H2,17,18,20). The number of rotatable bonds is 7. The van der Waals surface area contributed by atoms with Gasteiger partial charge >= 0.3 is 0 Å². The molecule has 2 aromatic rings. The molecule has 0 unspecified atom stereocenters. The summed E-state index contributed by atoms with van der Waals surface area (Å²) < 4.78 is 26.9. The molecule has 1 heterocycles. The van der Waals surface area contributed by atoms with Crippen molar-refractivity contribution in [3.8, 4) is 5.75 Å². The van der Waals surface area contributed by atoms with Crippen LogP contribution < -0.4 is 10.0 Å². The number of guanidine groups is 1. The molecule has 0 fully saturated rings. The molecule has 0 amide bonds. The van der Waals surface area contributed by atoms with Crippen LogP contribution in [0.3, 0.4) is 0 Å². The van der Waals surface area contributed by atoms with E-state index >= 15 is 0 Å². The molecule has 0 saturated heterocycles. The first-order chi connectivity index (χ1) is 12.0. The van der Waals surface area contributed by atoms with Crippen molar-refractivity contribution in [1.82, 2.24) is 15.0 Å². The molecule has 3 N–H and O–H groups in total. The zero-order valence-electron chi connectivity index (χ0n) is 13.7. The summed E-state index contributed by atoms with van der Waals surface area (Å²) >= 11 is 1.64. The zero-order chi connectivity index (χ0) is 18.1. The second-order valence-electron chi connectivity index (χ2n) is 4.98. The SMILES string of the molecule is CN=C(NCCSCc1ccc(O)cn1)NS(=O)(=O)c1ccccc1. The zero-order valence-corrected chi connectivity index (χ0v) is 15.3. The van der Waals surface area contributed by atoms with Gasteiger partial charge < -0.3 is 10.4 Å². The van der Waals surface area contributed by atoms with Gasteiger partial charge in [-0.15, -0.1) is 0 Å². The molecule has 134 valence electrons. The third kappa shape index (κ3) is 6.28. The number of nitrogens with zero attached hydrogens (tertiary/aromatic N) is 2. The lowest BCUT2D eigenvalue weighted by molar-refractivity contribution is 0.472. The van der Waals surface area contributed by atoms with Crippen LogP contribution in [0.25, 0.3) is 0 Å². The summed E-state index contributed by atoms with van der Waals surface area (Å²) in [5.41, 5.74) is 0.872. The van der Waals surface area contributed by atoms with E-state index in [1.807, 2.05) is 0 Å². The van der Waals surface area contributed by atoms with Crippen LogP contribution in [-0.2, 0) is 15.8 Å². The summed E-state index contributed by atoms with van der Waals surface area (Å²) in [6.07, 6.45) is 1.41. The number of sulfonamides is 1. The van der Waals surface area contributed by atoms with Crippen LogP contribution in [0.4, 0.5) is 0 Å². The Balaban J connectivity index is 1.76. The lowest BCUT2D eigenvalue weighted by Crippen LogP contribution is -2.41. The number of pyridine rings is 1. The van der Waals surface area contributed by atoms with Gasteiger partial charge in [0.15, 0.2) is 0 Å². The maximum Gasteiger partial charge on any atom is 0.264 e. The van der Waals surface area contributed by atoms with Gasteiger partial charge in [0.2, 0.25) is 5.96 Å². The van der Waals surface area contributed by atoms with Crippen molar-refractivity contribution in [2.24, 2.45) is 4.99 Å². The molecule has 0 aliphatic rings. The molecule has 25 heavy (non-hydrogen) atoms. The van der Waals surface area contributed by atoms with Crippen molar-refractivity contribution in [1.29, 1.82) is 0 Å². The fourth-order valence-electron chi connectivity index (χ4n) is 1.87. The minimum absolute atomic E-state index is 0.143. The van der Waals surface area contributed by atoms with Crippen LogP contribution >= 0.6 is 11.8 Å². The van der Waals surface area contributed by atoms with Crippen molar-refractivity contribution < 1.29 is 13.5 Å². The molecule has 0 saturated carbocycles. The average Bonchev–Trinajstić information content (AvgIpc) is 2.62. The van der Waals surface area contributed by atoms with Crippen LogP contribution in [0.1, 0.15) is 5.69 Å². The third-order valence-electron chi connectivity index (χ3n) is 3.11. The number of aromatic hydroxyl groups is 1. The Hall–Kier alpha value is -2.26. The first-order valence-electron chi connectivity index (χ1n) is 7.51. The molecule has 0 spiro atoms. The van der Waals surface area contributed by atoms with E-state index in [0.29, 0.717) is 12.3 Å². The monoisotopic (exact) mass is 380 g/mol. The Morgan fingerprint density at radius 3 is 2.64 bits per heavy atom. The molecule has 1 aromatic carbocycles. The Kier molecular flexibility index (Phi) is 7.08. The molecular weight excluding hydrogens is 360 g/mol. The number of aromatic nitrogens is 1. The molecule has 0 aliphatic heterocycles. The van der Waals surface area contributed by atoms with Crippen LogP contribution in [0.2, 0.25) is 0 Å². The maximum atomic E-state index is 12.2. The summed E-state index contributed by atoms with van der Waals surface area (Å²) in [6.45, 7) is 0.548. The van der Waals surface area contributed by atoms with Gasteiger partial charge in [-0.1, -0.05) is 18.2 Å². The highest BCUT2D eigenvalue weighted by atomic mass is 32.2. The Bertz CT molecular complexity index is 794. The highest BCUT2D eigenvalue weighted by Gasteiger charge is 2.15. The van der Waals surface area contributed by atoms with E-state index in [9.17, 15) is 13.5 Å². The highest BCUT2D eigenvalue weighted by Crippen LogP contribution is 2.12. The predicted molar refractivity (Wildman–Crippen MR) is 100 cm³/mol. The molecule has 0 atom stereocenters. The summed E-state index contributed by atoms with van der Waals surface area (Å²) in [5, 5.41) is 12.2. The summed E-state index contributed by atoms with van der Waals surface area (Å²) in [6, 6.07) is 11.5. The van der Waals surface area contributed by atoms with E-state index in [1.165, 1.54) is 25.4 Å². The van der Waals surface area contributed by atoms with Crippen LogP contribution in [0, 0.1) is 0 Å². The smallest absolute Gasteiger partial charge is 0.264 e. The molecule has 7 nitrogen and oxygen atoms in total. The van der Waals surface area contributed by atoms with Gasteiger partial charge in [-0.3, -0.25) is 9.98 Å². The van der Waals surface area contributed by atoms with Gasteiger partial charge in [-0.2, -0.15) is 11.8 Å². The summed E-state index contributed by atoms with van der Waals surface area (Å²) in [5.74, 6) is 1.79. The Morgan fingerprint density at radius 1 is 1.24 bits per heavy atom. The number of hydrogen-bond donors (Lipinski definition) is 3. The second-order valence-corrected chi connectivity index (χ2v) is 7.77. The van der Waals surface area contributed by atoms with Gasteiger partial charge in [-0.05, 0) is 24.3 Å². The molecule has 0 bridgehead atoms. The van der Waals surface area contributed by atoms with Gasteiger partial charge in [0.25, 0.3) is 10.0 Å². The van der Waals surface area contributed by atoms with E-state index in [-0.39, 0.29) is 16.6 Å². The minimum Gasteiger partial charge on any atom is -0.506 e. The van der Waals surface area contributed by atoms with Gasteiger partial charge in [0, 0.05) is 25.1 Å². The van der Waals surface area contributed by atoms with Crippen LogP contribution in [0.5, 0.6) is 5.75 Å². The third-order valence-corrected chi connectivity index (χ3v) is 5.45.